The van der Waals surface area contributed by atoms with Crippen molar-refractivity contribution < 1.29 is 0 Å². The van der Waals surface area contributed by atoms with E-state index in [1.807, 2.05) is 25.6 Å². The molecule has 1 unspecified atom stereocenters. The van der Waals surface area contributed by atoms with E-state index in [-0.39, 0.29) is 6.04 Å². The lowest BCUT2D eigenvalue weighted by molar-refractivity contribution is 0.528. The number of aryl methyl sites for hydroxylation is 3. The number of nitrogens with zero attached hydrogens (tertiary/aromatic N) is 2. The molecule has 0 aliphatic carbocycles. The van der Waals surface area contributed by atoms with E-state index in [0.29, 0.717) is 0 Å². The smallest absolute Gasteiger partial charge is 0.0738 e. The summed E-state index contributed by atoms with van der Waals surface area (Å²) >= 11 is 9.92. The Balaban J connectivity index is 2.32. The minimum Gasteiger partial charge on any atom is -0.310 e. The van der Waals surface area contributed by atoms with Gasteiger partial charge >= 0.3 is 0 Å². The zero-order chi connectivity index (χ0) is 15.6. The highest BCUT2D eigenvalue weighted by Gasteiger charge is 2.18. The van der Waals surface area contributed by atoms with Crippen LogP contribution in [0.5, 0.6) is 0 Å². The van der Waals surface area contributed by atoms with E-state index in [2.05, 4.69) is 51.5 Å². The van der Waals surface area contributed by atoms with E-state index < -0.39 is 0 Å². The molecule has 0 spiro atoms. The number of hydrogen-bond donors (Lipinski definition) is 1. The fraction of sp³-hybridized carbons (Fsp3) is 0.438. The standard InChI is InChI=1S/C16H21BrClN3/c1-5-19-14(12-7-6-10(2)13(18)8-12)9-15-16(17)11(3)20-21(15)4/h6-8,14,19H,5,9H2,1-4H3. The first-order valence-corrected chi connectivity index (χ1v) is 8.28. The average Bonchev–Trinajstić information content (AvgIpc) is 2.68. The summed E-state index contributed by atoms with van der Waals surface area (Å²) in [5, 5.41) is 8.82. The molecule has 5 heteroatoms. The molecule has 21 heavy (non-hydrogen) atoms. The van der Waals surface area contributed by atoms with E-state index in [1.165, 1.54) is 11.3 Å². The van der Waals surface area contributed by atoms with E-state index in [1.54, 1.807) is 0 Å². The summed E-state index contributed by atoms with van der Waals surface area (Å²) in [5.41, 5.74) is 4.52. The van der Waals surface area contributed by atoms with Gasteiger partial charge in [-0.3, -0.25) is 4.68 Å². The van der Waals surface area contributed by atoms with Crippen molar-refractivity contribution in [3.8, 4) is 0 Å². The van der Waals surface area contributed by atoms with Crippen molar-refractivity contribution in [1.29, 1.82) is 0 Å². The Morgan fingerprint density at radius 3 is 2.62 bits per heavy atom. The number of likely N-dealkylation sites (N-methyl/N-ethyl adjacent to an activating group) is 1. The molecule has 1 aromatic heterocycles. The van der Waals surface area contributed by atoms with Crippen molar-refractivity contribution in [3.63, 3.8) is 0 Å². The van der Waals surface area contributed by atoms with Gasteiger partial charge in [-0.2, -0.15) is 5.10 Å². The number of benzene rings is 1. The van der Waals surface area contributed by atoms with Crippen LogP contribution in [-0.4, -0.2) is 16.3 Å². The van der Waals surface area contributed by atoms with Crippen LogP contribution < -0.4 is 5.32 Å². The fourth-order valence-electron chi connectivity index (χ4n) is 2.48. The van der Waals surface area contributed by atoms with Gasteiger partial charge in [0.2, 0.25) is 0 Å². The first kappa shape index (κ1) is 16.5. The third kappa shape index (κ3) is 3.68. The highest BCUT2D eigenvalue weighted by atomic mass is 79.9. The molecule has 114 valence electrons. The van der Waals surface area contributed by atoms with Gasteiger partial charge in [0.15, 0.2) is 0 Å². The molecule has 0 saturated carbocycles. The number of rotatable bonds is 5. The van der Waals surface area contributed by atoms with Gasteiger partial charge in [0, 0.05) is 24.5 Å². The van der Waals surface area contributed by atoms with Gasteiger partial charge < -0.3 is 5.32 Å². The van der Waals surface area contributed by atoms with Crippen molar-refractivity contribution in [2.24, 2.45) is 7.05 Å². The predicted octanol–water partition coefficient (Wildman–Crippen LogP) is 4.35. The molecule has 0 saturated heterocycles. The second-order valence-electron chi connectivity index (χ2n) is 5.29. The number of aromatic nitrogens is 2. The van der Waals surface area contributed by atoms with E-state index in [0.717, 1.165) is 33.7 Å². The molecular formula is C16H21BrClN3. The molecule has 1 heterocycles. The molecule has 0 fully saturated rings. The summed E-state index contributed by atoms with van der Waals surface area (Å²) in [5.74, 6) is 0. The average molecular weight is 371 g/mol. The Hall–Kier alpha value is -0.840. The van der Waals surface area contributed by atoms with Gasteiger partial charge in [0.1, 0.15) is 0 Å². The highest BCUT2D eigenvalue weighted by molar-refractivity contribution is 9.10. The third-order valence-corrected chi connectivity index (χ3v) is 5.15. The maximum Gasteiger partial charge on any atom is 0.0738 e. The van der Waals surface area contributed by atoms with Crippen LogP contribution in [-0.2, 0) is 13.5 Å². The molecule has 0 amide bonds. The summed E-state index contributed by atoms with van der Waals surface area (Å²) in [6, 6.07) is 6.50. The van der Waals surface area contributed by atoms with Gasteiger partial charge in [0.05, 0.1) is 15.9 Å². The van der Waals surface area contributed by atoms with Gasteiger partial charge in [-0.15, -0.1) is 0 Å². The van der Waals surface area contributed by atoms with Crippen molar-refractivity contribution >= 4 is 27.5 Å². The second-order valence-corrected chi connectivity index (χ2v) is 6.49. The largest absolute Gasteiger partial charge is 0.310 e. The predicted molar refractivity (Wildman–Crippen MR) is 92.0 cm³/mol. The van der Waals surface area contributed by atoms with Gasteiger partial charge in [-0.25, -0.2) is 0 Å². The quantitative estimate of drug-likeness (QED) is 0.848. The minimum atomic E-state index is 0.221. The molecule has 2 aromatic rings. The normalized spacial score (nSPS) is 12.7. The molecular weight excluding hydrogens is 350 g/mol. The lowest BCUT2D eigenvalue weighted by atomic mass is 10.0. The lowest BCUT2D eigenvalue weighted by Gasteiger charge is -2.19. The summed E-state index contributed by atoms with van der Waals surface area (Å²) < 4.78 is 3.03. The molecule has 0 radical (unpaired) electrons. The van der Waals surface area contributed by atoms with Crippen LogP contribution in [0.25, 0.3) is 0 Å². The first-order chi connectivity index (χ1) is 9.93. The second kappa shape index (κ2) is 6.95. The van der Waals surface area contributed by atoms with Crippen LogP contribution >= 0.6 is 27.5 Å². The third-order valence-electron chi connectivity index (χ3n) is 3.71. The Morgan fingerprint density at radius 2 is 2.10 bits per heavy atom. The van der Waals surface area contributed by atoms with E-state index >= 15 is 0 Å². The molecule has 0 aliphatic heterocycles. The lowest BCUT2D eigenvalue weighted by Crippen LogP contribution is -2.24. The molecule has 1 atom stereocenters. The fourth-order valence-corrected chi connectivity index (χ4v) is 3.16. The summed E-state index contributed by atoms with van der Waals surface area (Å²) in [7, 11) is 1.98. The van der Waals surface area contributed by atoms with Crippen LogP contribution in [0.3, 0.4) is 0 Å². The van der Waals surface area contributed by atoms with Crippen LogP contribution in [0.1, 0.15) is 35.5 Å². The maximum absolute atomic E-state index is 6.27. The highest BCUT2D eigenvalue weighted by Crippen LogP contribution is 2.28. The monoisotopic (exact) mass is 369 g/mol. The SMILES string of the molecule is CCNC(Cc1c(Br)c(C)nn1C)c1ccc(C)c(Cl)c1. The zero-order valence-corrected chi connectivity index (χ0v) is 15.2. The number of halogens is 2. The van der Waals surface area contributed by atoms with E-state index in [9.17, 15) is 0 Å². The maximum atomic E-state index is 6.27. The van der Waals surface area contributed by atoms with Crippen molar-refractivity contribution in [2.75, 3.05) is 6.54 Å². The molecule has 2 rings (SSSR count). The zero-order valence-electron chi connectivity index (χ0n) is 12.9. The molecule has 1 N–H and O–H groups in total. The molecule has 0 aliphatic rings. The summed E-state index contributed by atoms with van der Waals surface area (Å²) in [4.78, 5) is 0. The van der Waals surface area contributed by atoms with Crippen LogP contribution in [0.15, 0.2) is 22.7 Å². The topological polar surface area (TPSA) is 29.9 Å². The van der Waals surface area contributed by atoms with Gasteiger partial charge in [0.25, 0.3) is 0 Å². The first-order valence-electron chi connectivity index (χ1n) is 7.11. The Kier molecular flexibility index (Phi) is 5.47. The van der Waals surface area contributed by atoms with Crippen molar-refractivity contribution in [1.82, 2.24) is 15.1 Å². The summed E-state index contributed by atoms with van der Waals surface area (Å²) in [6.07, 6.45) is 0.866. The molecule has 3 nitrogen and oxygen atoms in total. The Bertz CT molecular complexity index is 637. The number of nitrogens with one attached hydrogen (secondary N) is 1. The van der Waals surface area contributed by atoms with Crippen molar-refractivity contribution in [3.05, 3.63) is 50.2 Å². The summed E-state index contributed by atoms with van der Waals surface area (Å²) in [6.45, 7) is 7.06. The molecule has 0 bridgehead atoms. The van der Waals surface area contributed by atoms with Gasteiger partial charge in [-0.05, 0) is 53.5 Å². The van der Waals surface area contributed by atoms with Crippen molar-refractivity contribution in [2.45, 2.75) is 33.2 Å². The Labute approximate surface area is 139 Å². The number of hydrogen-bond acceptors (Lipinski definition) is 2. The van der Waals surface area contributed by atoms with Crippen LogP contribution in [0.4, 0.5) is 0 Å². The van der Waals surface area contributed by atoms with E-state index in [4.69, 9.17) is 11.6 Å². The van der Waals surface area contributed by atoms with Gasteiger partial charge in [-0.1, -0.05) is 30.7 Å². The minimum absolute atomic E-state index is 0.221. The Morgan fingerprint density at radius 1 is 1.38 bits per heavy atom. The van der Waals surface area contributed by atoms with Crippen LogP contribution in [0, 0.1) is 13.8 Å². The molecule has 1 aromatic carbocycles. The van der Waals surface area contributed by atoms with Crippen LogP contribution in [0.2, 0.25) is 5.02 Å².